The van der Waals surface area contributed by atoms with Gasteiger partial charge in [0.2, 0.25) is 4.77 Å². The van der Waals surface area contributed by atoms with Gasteiger partial charge in [0.05, 0.1) is 26.3 Å². The molecule has 0 aliphatic carbocycles. The molecule has 176 valence electrons. The average Bonchev–Trinajstić information content (AvgIpc) is 3.15. The van der Waals surface area contributed by atoms with Crippen LogP contribution < -0.4 is 25.0 Å². The topological polar surface area (TPSA) is 102 Å². The van der Waals surface area contributed by atoms with E-state index in [4.69, 9.17) is 26.4 Å². The number of carbonyl (C=O) groups excluding carboxylic acids is 1. The molecule has 0 unspecified atom stereocenters. The highest BCUT2D eigenvalue weighted by Gasteiger charge is 2.16. The molecule has 0 atom stereocenters. The van der Waals surface area contributed by atoms with E-state index in [0.717, 1.165) is 11.1 Å². The number of hydrogen-bond donors (Lipinski definition) is 3. The van der Waals surface area contributed by atoms with Gasteiger partial charge in [0.1, 0.15) is 5.75 Å². The first-order valence-corrected chi connectivity index (χ1v) is 10.8. The van der Waals surface area contributed by atoms with Crippen molar-refractivity contribution in [3.63, 3.8) is 0 Å². The summed E-state index contributed by atoms with van der Waals surface area (Å²) in [6.45, 7) is 6.09. The lowest BCUT2D eigenvalue weighted by atomic mass is 10.1. The fraction of sp³-hybridized carbons (Fsp3) is 0.348. The molecule has 0 radical (unpaired) electrons. The monoisotopic (exact) mass is 471 g/mol. The Morgan fingerprint density at radius 1 is 1.09 bits per heavy atom. The normalized spacial score (nSPS) is 11.1. The van der Waals surface area contributed by atoms with Crippen LogP contribution in [0.4, 0.5) is 0 Å². The van der Waals surface area contributed by atoms with Gasteiger partial charge in [-0.1, -0.05) is 18.2 Å². The van der Waals surface area contributed by atoms with Crippen molar-refractivity contribution in [3.8, 4) is 28.6 Å². The molecule has 3 rings (SSSR count). The largest absolute Gasteiger partial charge is 0.496 e. The van der Waals surface area contributed by atoms with E-state index in [1.54, 1.807) is 25.0 Å². The number of aromatic amines is 1. The smallest absolute Gasteiger partial charge is 0.258 e. The van der Waals surface area contributed by atoms with Crippen LogP contribution in [0.2, 0.25) is 0 Å². The molecule has 0 aliphatic rings. The number of para-hydroxylation sites is 1. The Morgan fingerprint density at radius 3 is 2.52 bits per heavy atom. The average molecular weight is 472 g/mol. The molecule has 9 nitrogen and oxygen atoms in total. The number of ether oxygens (including phenoxy) is 3. The minimum absolute atomic E-state index is 0.0995. The van der Waals surface area contributed by atoms with Crippen molar-refractivity contribution in [2.45, 2.75) is 32.9 Å². The van der Waals surface area contributed by atoms with Crippen molar-refractivity contribution in [2.24, 2.45) is 0 Å². The van der Waals surface area contributed by atoms with E-state index in [9.17, 15) is 4.79 Å². The van der Waals surface area contributed by atoms with Gasteiger partial charge in [-0.2, -0.15) is 5.10 Å². The third kappa shape index (κ3) is 6.26. The summed E-state index contributed by atoms with van der Waals surface area (Å²) < 4.78 is 18.7. The van der Waals surface area contributed by atoms with Gasteiger partial charge in [-0.05, 0) is 62.8 Å². The minimum atomic E-state index is -0.322. The zero-order chi connectivity index (χ0) is 24.0. The fourth-order valence-corrected chi connectivity index (χ4v) is 3.36. The van der Waals surface area contributed by atoms with Crippen LogP contribution in [0.5, 0.6) is 17.2 Å². The molecule has 10 heteroatoms. The number of amides is 1. The first-order valence-electron chi connectivity index (χ1n) is 10.4. The Kier molecular flexibility index (Phi) is 7.59. The number of methoxy groups -OCH3 is 2. The number of carbonyl (C=O) groups is 1. The van der Waals surface area contributed by atoms with E-state index >= 15 is 0 Å². The molecule has 0 fully saturated rings. The molecular formula is C23H29N5O4S. The van der Waals surface area contributed by atoms with Crippen LogP contribution in [0.25, 0.3) is 11.4 Å². The third-order valence-electron chi connectivity index (χ3n) is 4.56. The zero-order valence-electron chi connectivity index (χ0n) is 19.4. The number of nitrogens with zero attached hydrogens (tertiary/aromatic N) is 2. The SMILES string of the molecule is COc1cc(CNn2c(-c3ccccc3OC)n[nH]c2=S)ccc1OCC(=O)NC(C)(C)C. The van der Waals surface area contributed by atoms with Crippen LogP contribution in [-0.4, -0.2) is 47.1 Å². The van der Waals surface area contributed by atoms with Gasteiger partial charge >= 0.3 is 0 Å². The van der Waals surface area contributed by atoms with Crippen molar-refractivity contribution < 1.29 is 19.0 Å². The lowest BCUT2D eigenvalue weighted by Gasteiger charge is -2.20. The van der Waals surface area contributed by atoms with Gasteiger partial charge in [0.25, 0.3) is 5.91 Å². The van der Waals surface area contributed by atoms with Crippen LogP contribution in [0.1, 0.15) is 26.3 Å². The molecule has 1 amide bonds. The Bertz CT molecular complexity index is 1170. The Balaban J connectivity index is 1.72. The standard InChI is InChI=1S/C23H29N5O4S/c1-23(2,3)25-20(29)14-32-18-11-10-15(12-19(18)31-5)13-24-28-21(26-27-22(28)33)16-8-6-7-9-17(16)30-4/h6-12,24H,13-14H2,1-5H3,(H,25,29)(H,27,33). The minimum Gasteiger partial charge on any atom is -0.496 e. The molecule has 0 spiro atoms. The highest BCUT2D eigenvalue weighted by Crippen LogP contribution is 2.29. The van der Waals surface area contributed by atoms with E-state index in [1.807, 2.05) is 57.2 Å². The van der Waals surface area contributed by atoms with Crippen molar-refractivity contribution in [1.29, 1.82) is 0 Å². The van der Waals surface area contributed by atoms with Crippen molar-refractivity contribution in [3.05, 3.63) is 52.8 Å². The summed E-state index contributed by atoms with van der Waals surface area (Å²) >= 11 is 5.39. The maximum atomic E-state index is 12.0. The number of hydrogen-bond acceptors (Lipinski definition) is 7. The summed E-state index contributed by atoms with van der Waals surface area (Å²) in [4.78, 5) is 12.0. The van der Waals surface area contributed by atoms with Gasteiger partial charge in [-0.25, -0.2) is 9.77 Å². The number of nitrogens with one attached hydrogen (secondary N) is 3. The van der Waals surface area contributed by atoms with Crippen LogP contribution >= 0.6 is 12.2 Å². The van der Waals surface area contributed by atoms with Gasteiger partial charge < -0.3 is 25.0 Å². The lowest BCUT2D eigenvalue weighted by Crippen LogP contribution is -2.43. The van der Waals surface area contributed by atoms with E-state index < -0.39 is 0 Å². The number of benzene rings is 2. The molecule has 1 heterocycles. The maximum Gasteiger partial charge on any atom is 0.258 e. The molecule has 0 bridgehead atoms. The fourth-order valence-electron chi connectivity index (χ4n) is 3.16. The van der Waals surface area contributed by atoms with Crippen molar-refractivity contribution in [1.82, 2.24) is 20.2 Å². The first kappa shape index (κ1) is 24.1. The predicted molar refractivity (Wildman–Crippen MR) is 129 cm³/mol. The van der Waals surface area contributed by atoms with E-state index in [2.05, 4.69) is 20.9 Å². The van der Waals surface area contributed by atoms with Crippen molar-refractivity contribution in [2.75, 3.05) is 26.3 Å². The lowest BCUT2D eigenvalue weighted by molar-refractivity contribution is -0.124. The summed E-state index contributed by atoms with van der Waals surface area (Å²) in [7, 11) is 3.17. The number of H-pyrrole nitrogens is 1. The number of rotatable bonds is 9. The zero-order valence-corrected chi connectivity index (χ0v) is 20.2. The highest BCUT2D eigenvalue weighted by atomic mass is 32.1. The molecule has 3 aromatic rings. The summed E-state index contributed by atoms with van der Waals surface area (Å²) in [6.07, 6.45) is 0. The highest BCUT2D eigenvalue weighted by molar-refractivity contribution is 7.71. The summed E-state index contributed by atoms with van der Waals surface area (Å²) in [5.41, 5.74) is 4.68. The van der Waals surface area contributed by atoms with Crippen LogP contribution in [0.3, 0.4) is 0 Å². The van der Waals surface area contributed by atoms with Gasteiger partial charge in [0.15, 0.2) is 23.9 Å². The third-order valence-corrected chi connectivity index (χ3v) is 4.84. The molecule has 3 N–H and O–H groups in total. The quantitative estimate of drug-likeness (QED) is 0.409. The second kappa shape index (κ2) is 10.4. The molecular weight excluding hydrogens is 442 g/mol. The number of aromatic nitrogens is 3. The van der Waals surface area contributed by atoms with Crippen LogP contribution in [0, 0.1) is 4.77 Å². The molecule has 1 aromatic heterocycles. The van der Waals surface area contributed by atoms with Crippen LogP contribution in [-0.2, 0) is 11.3 Å². The van der Waals surface area contributed by atoms with Crippen molar-refractivity contribution >= 4 is 18.1 Å². The maximum absolute atomic E-state index is 12.0. The van der Waals surface area contributed by atoms with Gasteiger partial charge in [0, 0.05) is 5.54 Å². The molecule has 2 aromatic carbocycles. The second-order valence-corrected chi connectivity index (χ2v) is 8.68. The Hall–Kier alpha value is -3.53. The van der Waals surface area contributed by atoms with E-state index in [0.29, 0.717) is 34.4 Å². The first-order chi connectivity index (χ1) is 15.7. The molecule has 0 saturated heterocycles. The summed E-state index contributed by atoms with van der Waals surface area (Å²) in [6, 6.07) is 13.1. The van der Waals surface area contributed by atoms with E-state index in [-0.39, 0.29) is 18.1 Å². The van der Waals surface area contributed by atoms with Crippen LogP contribution in [0.15, 0.2) is 42.5 Å². The van der Waals surface area contributed by atoms with E-state index in [1.165, 1.54) is 0 Å². The Labute approximate surface area is 198 Å². The summed E-state index contributed by atoms with van der Waals surface area (Å²) in [5, 5.41) is 10.0. The predicted octanol–water partition coefficient (Wildman–Crippen LogP) is 3.66. The molecule has 0 saturated carbocycles. The summed E-state index contributed by atoms with van der Waals surface area (Å²) in [5.74, 6) is 2.11. The Morgan fingerprint density at radius 2 is 1.82 bits per heavy atom. The van der Waals surface area contributed by atoms with Gasteiger partial charge in [-0.3, -0.25) is 4.79 Å². The second-order valence-electron chi connectivity index (χ2n) is 8.30. The molecule has 33 heavy (non-hydrogen) atoms. The van der Waals surface area contributed by atoms with Gasteiger partial charge in [-0.15, -0.1) is 0 Å². The molecule has 0 aliphatic heterocycles.